The summed E-state index contributed by atoms with van der Waals surface area (Å²) >= 11 is 0. The Bertz CT molecular complexity index is 1110. The minimum Gasteiger partial charge on any atom is -0.268 e. The summed E-state index contributed by atoms with van der Waals surface area (Å²) in [5, 5.41) is 0.625. The molecule has 0 N–H and O–H groups in total. The number of rotatable bonds is 3. The lowest BCUT2D eigenvalue weighted by Gasteiger charge is -2.15. The molecule has 26 heavy (non-hydrogen) atoms. The quantitative estimate of drug-likeness (QED) is 0.515. The third kappa shape index (κ3) is 2.82. The number of aromatic nitrogens is 2. The van der Waals surface area contributed by atoms with E-state index in [9.17, 15) is 4.79 Å². The number of hydrogen-bond acceptors (Lipinski definition) is 2. The van der Waals surface area contributed by atoms with Crippen LogP contribution in [0.15, 0.2) is 83.7 Å². The summed E-state index contributed by atoms with van der Waals surface area (Å²) in [4.78, 5) is 18.1. The van der Waals surface area contributed by atoms with Crippen molar-refractivity contribution >= 4 is 10.9 Å². The van der Waals surface area contributed by atoms with E-state index < -0.39 is 0 Å². The molecular formula is C23H20N2O. The van der Waals surface area contributed by atoms with E-state index >= 15 is 0 Å². The lowest BCUT2D eigenvalue weighted by molar-refractivity contribution is 0.864. The lowest BCUT2D eigenvalue weighted by atomic mass is 10.0. The Morgan fingerprint density at radius 1 is 0.808 bits per heavy atom. The Morgan fingerprint density at radius 3 is 2.15 bits per heavy atom. The first-order chi connectivity index (χ1) is 12.6. The van der Waals surface area contributed by atoms with Gasteiger partial charge in [0.1, 0.15) is 5.82 Å². The Hall–Kier alpha value is -3.20. The Balaban J connectivity index is 2.03. The second-order valence-electron chi connectivity index (χ2n) is 6.71. The fourth-order valence-electron chi connectivity index (χ4n) is 3.16. The average Bonchev–Trinajstić information content (AvgIpc) is 2.69. The summed E-state index contributed by atoms with van der Waals surface area (Å²) < 4.78 is 1.71. The third-order valence-corrected chi connectivity index (χ3v) is 4.63. The van der Waals surface area contributed by atoms with Gasteiger partial charge in [-0.05, 0) is 35.7 Å². The van der Waals surface area contributed by atoms with Crippen molar-refractivity contribution in [2.24, 2.45) is 0 Å². The van der Waals surface area contributed by atoms with Gasteiger partial charge in [0.05, 0.1) is 16.6 Å². The van der Waals surface area contributed by atoms with Crippen LogP contribution in [-0.4, -0.2) is 9.55 Å². The van der Waals surface area contributed by atoms with E-state index in [0.717, 1.165) is 11.3 Å². The highest BCUT2D eigenvalue weighted by Gasteiger charge is 2.14. The first-order valence-electron chi connectivity index (χ1n) is 8.82. The van der Waals surface area contributed by atoms with Gasteiger partial charge in [-0.2, -0.15) is 0 Å². The smallest absolute Gasteiger partial charge is 0.266 e. The summed E-state index contributed by atoms with van der Waals surface area (Å²) in [5.74, 6) is 1.11. The normalized spacial score (nSPS) is 11.2. The highest BCUT2D eigenvalue weighted by Crippen LogP contribution is 2.23. The van der Waals surface area contributed by atoms with E-state index in [1.807, 2.05) is 66.7 Å². The summed E-state index contributed by atoms with van der Waals surface area (Å²) in [6, 6.07) is 25.5. The lowest BCUT2D eigenvalue weighted by Crippen LogP contribution is -2.22. The van der Waals surface area contributed by atoms with Crippen LogP contribution in [-0.2, 0) is 0 Å². The zero-order valence-electron chi connectivity index (χ0n) is 14.9. The van der Waals surface area contributed by atoms with Crippen LogP contribution in [0.25, 0.3) is 28.0 Å². The van der Waals surface area contributed by atoms with Crippen LogP contribution < -0.4 is 5.56 Å². The molecular weight excluding hydrogens is 320 g/mol. The standard InChI is InChI=1S/C23H20N2O/c1-16(2)17-12-14-19(15-13-17)25-22(18-8-4-3-5-9-18)24-21-11-7-6-10-20(21)23(25)26/h3-16H,1-2H3. The van der Waals surface area contributed by atoms with E-state index in [1.165, 1.54) is 5.56 Å². The largest absolute Gasteiger partial charge is 0.268 e. The number of nitrogens with zero attached hydrogens (tertiary/aromatic N) is 2. The molecule has 3 nitrogen and oxygen atoms in total. The molecule has 1 heterocycles. The summed E-state index contributed by atoms with van der Waals surface area (Å²) in [5.41, 5.74) is 3.66. The minimum atomic E-state index is -0.0493. The summed E-state index contributed by atoms with van der Waals surface area (Å²) in [6.07, 6.45) is 0. The van der Waals surface area contributed by atoms with Crippen molar-refractivity contribution in [2.45, 2.75) is 19.8 Å². The SMILES string of the molecule is CC(C)c1ccc(-n2c(-c3ccccc3)nc3ccccc3c2=O)cc1. The number of para-hydroxylation sites is 1. The molecule has 0 aliphatic rings. The Kier molecular flexibility index (Phi) is 4.13. The molecule has 1 aromatic heterocycles. The molecule has 3 aromatic carbocycles. The molecule has 3 heteroatoms. The maximum absolute atomic E-state index is 13.3. The molecule has 0 atom stereocenters. The minimum absolute atomic E-state index is 0.0493. The van der Waals surface area contributed by atoms with Gasteiger partial charge in [-0.25, -0.2) is 4.98 Å². The number of benzene rings is 3. The Morgan fingerprint density at radius 2 is 1.46 bits per heavy atom. The van der Waals surface area contributed by atoms with E-state index in [2.05, 4.69) is 26.0 Å². The van der Waals surface area contributed by atoms with Gasteiger partial charge in [-0.1, -0.05) is 68.4 Å². The van der Waals surface area contributed by atoms with Crippen molar-refractivity contribution in [1.29, 1.82) is 0 Å². The summed E-state index contributed by atoms with van der Waals surface area (Å²) in [6.45, 7) is 4.32. The molecule has 128 valence electrons. The molecule has 4 aromatic rings. The zero-order chi connectivity index (χ0) is 18.1. The van der Waals surface area contributed by atoms with Crippen LogP contribution in [0.5, 0.6) is 0 Å². The first kappa shape index (κ1) is 16.3. The van der Waals surface area contributed by atoms with Crippen molar-refractivity contribution < 1.29 is 0 Å². The predicted molar refractivity (Wildman–Crippen MR) is 107 cm³/mol. The fraction of sp³-hybridized carbons (Fsp3) is 0.130. The molecule has 0 bridgehead atoms. The fourth-order valence-corrected chi connectivity index (χ4v) is 3.16. The topological polar surface area (TPSA) is 34.9 Å². The number of hydrogen-bond donors (Lipinski definition) is 0. The zero-order valence-corrected chi connectivity index (χ0v) is 14.9. The molecule has 0 aliphatic carbocycles. The second kappa shape index (κ2) is 6.60. The Labute approximate surface area is 152 Å². The van der Waals surface area contributed by atoms with E-state index in [-0.39, 0.29) is 5.56 Å². The van der Waals surface area contributed by atoms with Gasteiger partial charge >= 0.3 is 0 Å². The molecule has 0 radical (unpaired) electrons. The van der Waals surface area contributed by atoms with E-state index in [0.29, 0.717) is 22.6 Å². The van der Waals surface area contributed by atoms with Crippen LogP contribution in [0.2, 0.25) is 0 Å². The number of fused-ring (bicyclic) bond motifs is 1. The molecule has 0 fully saturated rings. The van der Waals surface area contributed by atoms with Gasteiger partial charge in [0.25, 0.3) is 5.56 Å². The van der Waals surface area contributed by atoms with Gasteiger partial charge in [-0.3, -0.25) is 9.36 Å². The monoisotopic (exact) mass is 340 g/mol. The molecule has 0 saturated carbocycles. The molecule has 0 saturated heterocycles. The van der Waals surface area contributed by atoms with Gasteiger partial charge in [0.2, 0.25) is 0 Å². The van der Waals surface area contributed by atoms with Crippen molar-refractivity contribution in [2.75, 3.05) is 0 Å². The van der Waals surface area contributed by atoms with Crippen molar-refractivity contribution in [3.63, 3.8) is 0 Å². The van der Waals surface area contributed by atoms with Gasteiger partial charge < -0.3 is 0 Å². The maximum atomic E-state index is 13.3. The van der Waals surface area contributed by atoms with E-state index in [1.54, 1.807) is 4.57 Å². The van der Waals surface area contributed by atoms with Crippen molar-refractivity contribution in [1.82, 2.24) is 9.55 Å². The molecule has 0 aliphatic heterocycles. The van der Waals surface area contributed by atoms with E-state index in [4.69, 9.17) is 4.98 Å². The van der Waals surface area contributed by atoms with Crippen LogP contribution in [0.3, 0.4) is 0 Å². The van der Waals surface area contributed by atoms with Crippen LogP contribution in [0.4, 0.5) is 0 Å². The highest BCUT2D eigenvalue weighted by atomic mass is 16.1. The molecule has 0 spiro atoms. The average molecular weight is 340 g/mol. The van der Waals surface area contributed by atoms with Gasteiger partial charge in [0, 0.05) is 5.56 Å². The molecule has 4 rings (SSSR count). The molecule has 0 unspecified atom stereocenters. The summed E-state index contributed by atoms with van der Waals surface area (Å²) in [7, 11) is 0. The highest BCUT2D eigenvalue weighted by molar-refractivity contribution is 5.80. The second-order valence-corrected chi connectivity index (χ2v) is 6.71. The third-order valence-electron chi connectivity index (χ3n) is 4.63. The van der Waals surface area contributed by atoms with Gasteiger partial charge in [-0.15, -0.1) is 0 Å². The van der Waals surface area contributed by atoms with Crippen LogP contribution in [0, 0.1) is 0 Å². The van der Waals surface area contributed by atoms with Crippen LogP contribution in [0.1, 0.15) is 25.3 Å². The first-order valence-corrected chi connectivity index (χ1v) is 8.82. The van der Waals surface area contributed by atoms with Gasteiger partial charge in [0.15, 0.2) is 0 Å². The maximum Gasteiger partial charge on any atom is 0.266 e. The molecule has 0 amide bonds. The predicted octanol–water partition coefficient (Wildman–Crippen LogP) is 5.18. The van der Waals surface area contributed by atoms with Crippen LogP contribution >= 0.6 is 0 Å². The van der Waals surface area contributed by atoms with Crippen molar-refractivity contribution in [3.05, 3.63) is 94.8 Å². The van der Waals surface area contributed by atoms with Crippen molar-refractivity contribution in [3.8, 4) is 17.1 Å².